The van der Waals surface area contributed by atoms with Gasteiger partial charge in [-0.15, -0.1) is 0 Å². The summed E-state index contributed by atoms with van der Waals surface area (Å²) in [6.45, 7) is 2.85. The fourth-order valence-corrected chi connectivity index (χ4v) is 5.28. The van der Waals surface area contributed by atoms with Crippen LogP contribution in [0.4, 0.5) is 0 Å². The highest BCUT2D eigenvalue weighted by Gasteiger charge is 2.54. The Morgan fingerprint density at radius 1 is 1.29 bits per heavy atom. The Morgan fingerprint density at radius 2 is 2.08 bits per heavy atom. The molecule has 24 heavy (non-hydrogen) atoms. The Bertz CT molecular complexity index is 653. The SMILES string of the molecule is CC1C=C2CC3CC(COC(=O)C(N)Cc4ccccc4)(C1)CC23. The molecule has 2 fully saturated rings. The van der Waals surface area contributed by atoms with Gasteiger partial charge < -0.3 is 10.5 Å². The molecular weight excluding hydrogens is 298 g/mol. The highest BCUT2D eigenvalue weighted by atomic mass is 16.5. The van der Waals surface area contributed by atoms with Crippen molar-refractivity contribution in [1.82, 2.24) is 0 Å². The first-order valence-electron chi connectivity index (χ1n) is 9.21. The van der Waals surface area contributed by atoms with Crippen LogP contribution in [0.1, 0.15) is 38.2 Å². The third kappa shape index (κ3) is 2.90. The third-order valence-corrected chi connectivity index (χ3v) is 6.27. The van der Waals surface area contributed by atoms with Gasteiger partial charge in [0.25, 0.3) is 0 Å². The van der Waals surface area contributed by atoms with E-state index in [0.717, 1.165) is 23.8 Å². The Balaban J connectivity index is 1.35. The summed E-state index contributed by atoms with van der Waals surface area (Å²) in [4.78, 5) is 12.4. The fourth-order valence-electron chi connectivity index (χ4n) is 5.28. The van der Waals surface area contributed by atoms with Crippen molar-refractivity contribution in [3.8, 4) is 0 Å². The van der Waals surface area contributed by atoms with Crippen LogP contribution >= 0.6 is 0 Å². The van der Waals surface area contributed by atoms with E-state index < -0.39 is 6.04 Å². The van der Waals surface area contributed by atoms with E-state index in [1.807, 2.05) is 30.3 Å². The molecule has 0 heterocycles. The number of nitrogens with two attached hydrogens (primary N) is 1. The zero-order valence-electron chi connectivity index (χ0n) is 14.4. The van der Waals surface area contributed by atoms with E-state index in [9.17, 15) is 4.79 Å². The molecule has 1 aromatic carbocycles. The standard InChI is InChI=1S/C21H27NO2/c1-14-7-16-9-17-11-21(10-14,12-18(16)17)13-24-20(23)19(22)8-15-5-3-2-4-6-15/h2-7,14,17-19H,8-13,22H2,1H3. The number of rotatable bonds is 5. The highest BCUT2D eigenvalue weighted by molar-refractivity contribution is 5.75. The molecule has 2 saturated carbocycles. The lowest BCUT2D eigenvalue weighted by Gasteiger charge is -2.36. The van der Waals surface area contributed by atoms with Gasteiger partial charge in [0.05, 0.1) is 6.61 Å². The second-order valence-electron chi connectivity index (χ2n) is 8.31. The summed E-state index contributed by atoms with van der Waals surface area (Å²) in [5.41, 5.74) is 9.00. The lowest BCUT2D eigenvalue weighted by molar-refractivity contribution is -0.149. The zero-order chi connectivity index (χ0) is 16.7. The molecule has 0 radical (unpaired) electrons. The fraction of sp³-hybridized carbons (Fsp3) is 0.571. The number of esters is 1. The number of hydrogen-bond acceptors (Lipinski definition) is 3. The zero-order valence-corrected chi connectivity index (χ0v) is 14.4. The maximum atomic E-state index is 12.4. The van der Waals surface area contributed by atoms with Crippen LogP contribution < -0.4 is 5.73 Å². The minimum atomic E-state index is -0.571. The highest BCUT2D eigenvalue weighted by Crippen LogP contribution is 2.62. The predicted molar refractivity (Wildman–Crippen MR) is 94.2 cm³/mol. The van der Waals surface area contributed by atoms with Crippen molar-refractivity contribution in [2.24, 2.45) is 28.9 Å². The van der Waals surface area contributed by atoms with Gasteiger partial charge in [0.1, 0.15) is 6.04 Å². The molecule has 5 unspecified atom stereocenters. The third-order valence-electron chi connectivity index (χ3n) is 6.27. The molecule has 3 aliphatic carbocycles. The van der Waals surface area contributed by atoms with Crippen LogP contribution in [0.2, 0.25) is 0 Å². The molecule has 2 N–H and O–H groups in total. The topological polar surface area (TPSA) is 52.3 Å². The number of carbonyl (C=O) groups excluding carboxylic acids is 1. The largest absolute Gasteiger partial charge is 0.464 e. The van der Waals surface area contributed by atoms with Gasteiger partial charge in [-0.25, -0.2) is 0 Å². The molecule has 0 aliphatic heterocycles. The Morgan fingerprint density at radius 3 is 2.88 bits per heavy atom. The summed E-state index contributed by atoms with van der Waals surface area (Å²) >= 11 is 0. The van der Waals surface area contributed by atoms with Crippen LogP contribution in [0, 0.1) is 23.2 Å². The summed E-state index contributed by atoms with van der Waals surface area (Å²) in [6, 6.07) is 9.34. The second kappa shape index (κ2) is 6.03. The van der Waals surface area contributed by atoms with E-state index in [2.05, 4.69) is 13.0 Å². The molecule has 5 atom stereocenters. The van der Waals surface area contributed by atoms with Crippen molar-refractivity contribution in [2.75, 3.05) is 6.61 Å². The Labute approximate surface area is 144 Å². The van der Waals surface area contributed by atoms with Crippen LogP contribution in [0.25, 0.3) is 0 Å². The minimum absolute atomic E-state index is 0.186. The van der Waals surface area contributed by atoms with Crippen LogP contribution in [-0.2, 0) is 16.0 Å². The molecule has 3 aliphatic rings. The molecule has 1 aromatic rings. The first-order valence-corrected chi connectivity index (χ1v) is 9.21. The summed E-state index contributed by atoms with van der Waals surface area (Å²) in [7, 11) is 0. The van der Waals surface area contributed by atoms with Crippen molar-refractivity contribution >= 4 is 5.97 Å². The average molecular weight is 325 g/mol. The maximum absolute atomic E-state index is 12.4. The van der Waals surface area contributed by atoms with Crippen LogP contribution in [-0.4, -0.2) is 18.6 Å². The van der Waals surface area contributed by atoms with E-state index >= 15 is 0 Å². The van der Waals surface area contributed by atoms with Crippen molar-refractivity contribution in [3.63, 3.8) is 0 Å². The van der Waals surface area contributed by atoms with Gasteiger partial charge in [-0.2, -0.15) is 0 Å². The van der Waals surface area contributed by atoms with E-state index in [1.165, 1.54) is 19.3 Å². The van der Waals surface area contributed by atoms with Crippen LogP contribution in [0.3, 0.4) is 0 Å². The Kier molecular flexibility index (Phi) is 4.00. The van der Waals surface area contributed by atoms with Gasteiger partial charge in [0.2, 0.25) is 0 Å². The number of benzene rings is 1. The van der Waals surface area contributed by atoms with Gasteiger partial charge in [0, 0.05) is 5.41 Å². The maximum Gasteiger partial charge on any atom is 0.323 e. The molecule has 2 bridgehead atoms. The first kappa shape index (κ1) is 15.9. The van der Waals surface area contributed by atoms with Crippen LogP contribution in [0.15, 0.2) is 42.0 Å². The summed E-state index contributed by atoms with van der Waals surface area (Å²) in [5, 5.41) is 0. The number of allylic oxidation sites excluding steroid dienone is 2. The number of fused-ring (bicyclic) bond motifs is 1. The van der Waals surface area contributed by atoms with E-state index in [1.54, 1.807) is 5.57 Å². The second-order valence-corrected chi connectivity index (χ2v) is 8.31. The van der Waals surface area contributed by atoms with Gasteiger partial charge in [-0.05, 0) is 55.4 Å². The molecule has 3 nitrogen and oxygen atoms in total. The predicted octanol–water partition coefficient (Wildman–Crippen LogP) is 3.48. The lowest BCUT2D eigenvalue weighted by atomic mass is 9.69. The van der Waals surface area contributed by atoms with Crippen LogP contribution in [0.5, 0.6) is 0 Å². The van der Waals surface area contributed by atoms with E-state index in [4.69, 9.17) is 10.5 Å². The Hall–Kier alpha value is -1.61. The van der Waals surface area contributed by atoms with Gasteiger partial charge in [0.15, 0.2) is 0 Å². The van der Waals surface area contributed by atoms with Crippen molar-refractivity contribution in [1.29, 1.82) is 0 Å². The normalized spacial score (nSPS) is 34.8. The molecule has 4 rings (SSSR count). The number of carbonyl (C=O) groups is 1. The first-order chi connectivity index (χ1) is 11.5. The van der Waals surface area contributed by atoms with Crippen molar-refractivity contribution in [2.45, 2.75) is 45.1 Å². The molecule has 3 heteroatoms. The smallest absolute Gasteiger partial charge is 0.323 e. The molecular formula is C21H27NO2. The summed E-state index contributed by atoms with van der Waals surface area (Å²) < 4.78 is 5.72. The molecule has 0 spiro atoms. The summed E-state index contributed by atoms with van der Waals surface area (Å²) in [5.74, 6) is 1.95. The minimum Gasteiger partial charge on any atom is -0.464 e. The molecule has 0 amide bonds. The van der Waals surface area contributed by atoms with Crippen molar-refractivity contribution in [3.05, 3.63) is 47.5 Å². The van der Waals surface area contributed by atoms with Gasteiger partial charge in [-0.1, -0.05) is 48.9 Å². The quantitative estimate of drug-likeness (QED) is 0.666. The van der Waals surface area contributed by atoms with E-state index in [0.29, 0.717) is 18.9 Å². The van der Waals surface area contributed by atoms with Gasteiger partial charge in [-0.3, -0.25) is 4.79 Å². The lowest BCUT2D eigenvalue weighted by Crippen LogP contribution is -2.37. The molecule has 0 saturated heterocycles. The summed E-state index contributed by atoms with van der Waals surface area (Å²) in [6.07, 6.45) is 7.86. The molecule has 0 aromatic heterocycles. The number of hydrogen-bond donors (Lipinski definition) is 1. The van der Waals surface area contributed by atoms with E-state index in [-0.39, 0.29) is 11.4 Å². The average Bonchev–Trinajstić information content (AvgIpc) is 2.77. The van der Waals surface area contributed by atoms with Gasteiger partial charge >= 0.3 is 5.97 Å². The monoisotopic (exact) mass is 325 g/mol. The number of ether oxygens (including phenoxy) is 1. The molecule has 128 valence electrons. The van der Waals surface area contributed by atoms with Crippen molar-refractivity contribution < 1.29 is 9.53 Å².